The van der Waals surface area contributed by atoms with Gasteiger partial charge >= 0.3 is 5.97 Å². The molecule has 1 aromatic rings. The van der Waals surface area contributed by atoms with Gasteiger partial charge in [0.05, 0.1) is 6.26 Å². The van der Waals surface area contributed by atoms with Crippen molar-refractivity contribution in [3.05, 3.63) is 35.9 Å². The van der Waals surface area contributed by atoms with Crippen LogP contribution in [-0.2, 0) is 15.7 Å². The lowest BCUT2D eigenvalue weighted by Gasteiger charge is -2.26. The van der Waals surface area contributed by atoms with E-state index in [2.05, 4.69) is 11.2 Å². The van der Waals surface area contributed by atoms with E-state index in [0.29, 0.717) is 10.9 Å². The van der Waals surface area contributed by atoms with Gasteiger partial charge in [0.25, 0.3) is 0 Å². The Labute approximate surface area is 111 Å². The third kappa shape index (κ3) is 3.27. The maximum atomic E-state index is 11.6. The summed E-state index contributed by atoms with van der Waals surface area (Å²) in [6, 6.07) is 9.08. The quantitative estimate of drug-likeness (QED) is 0.848. The standard InChI is InChI=1S/C14H19NO2S/c1-18-10-5-8-15(9-11-18)13(14(16)17)12-6-3-2-4-7-12/h2-4,6-7,13H,5,8-11H2,1H3/p+1. The summed E-state index contributed by atoms with van der Waals surface area (Å²) >= 11 is 0. The van der Waals surface area contributed by atoms with Crippen molar-refractivity contribution >= 4 is 16.9 Å². The molecular weight excluding hydrogens is 246 g/mol. The molecule has 0 spiro atoms. The number of carboxylic acid groups (broad SMARTS) is 1. The van der Waals surface area contributed by atoms with Gasteiger partial charge in [0.15, 0.2) is 0 Å². The Morgan fingerprint density at radius 3 is 2.67 bits per heavy atom. The summed E-state index contributed by atoms with van der Waals surface area (Å²) < 4.78 is 0. The van der Waals surface area contributed by atoms with Crippen LogP contribution < -0.4 is 0 Å². The van der Waals surface area contributed by atoms with Crippen LogP contribution >= 0.6 is 0 Å². The van der Waals surface area contributed by atoms with E-state index in [4.69, 9.17) is 0 Å². The van der Waals surface area contributed by atoms with E-state index in [1.54, 1.807) is 0 Å². The van der Waals surface area contributed by atoms with Crippen LogP contribution in [-0.4, -0.2) is 46.8 Å². The molecule has 4 heteroatoms. The Morgan fingerprint density at radius 2 is 2.00 bits per heavy atom. The number of nitrogens with zero attached hydrogens (tertiary/aromatic N) is 1. The number of rotatable bonds is 3. The lowest BCUT2D eigenvalue weighted by Crippen LogP contribution is -2.36. The average Bonchev–Trinajstić information content (AvgIpc) is 2.56. The first-order chi connectivity index (χ1) is 8.68. The SMILES string of the molecule is C[S+]1CCCN(C(C(=O)O)c2ccccc2)CC1. The minimum atomic E-state index is -0.737. The Bertz CT molecular complexity index is 396. The van der Waals surface area contributed by atoms with Gasteiger partial charge in [-0.1, -0.05) is 30.3 Å². The van der Waals surface area contributed by atoms with E-state index in [0.717, 1.165) is 30.8 Å². The van der Waals surface area contributed by atoms with Gasteiger partial charge in [-0.3, -0.25) is 9.69 Å². The van der Waals surface area contributed by atoms with E-state index in [1.165, 1.54) is 5.75 Å². The molecule has 2 rings (SSSR count). The first-order valence-electron chi connectivity index (χ1n) is 6.29. The fourth-order valence-electron chi connectivity index (χ4n) is 2.40. The molecule has 1 fully saturated rings. The highest BCUT2D eigenvalue weighted by Gasteiger charge is 2.30. The Balaban J connectivity index is 2.17. The summed E-state index contributed by atoms with van der Waals surface area (Å²) in [7, 11) is 0.451. The molecule has 3 nitrogen and oxygen atoms in total. The lowest BCUT2D eigenvalue weighted by molar-refractivity contribution is -0.143. The van der Waals surface area contributed by atoms with Crippen molar-refractivity contribution in [3.8, 4) is 0 Å². The molecular formula is C14H20NO2S+. The molecule has 1 aromatic carbocycles. The van der Waals surface area contributed by atoms with Gasteiger partial charge in [0.2, 0.25) is 0 Å². The van der Waals surface area contributed by atoms with Crippen LogP contribution in [0.25, 0.3) is 0 Å². The monoisotopic (exact) mass is 266 g/mol. The summed E-state index contributed by atoms with van der Waals surface area (Å²) in [4.78, 5) is 13.7. The maximum absolute atomic E-state index is 11.6. The minimum Gasteiger partial charge on any atom is -0.480 e. The fraction of sp³-hybridized carbons (Fsp3) is 0.500. The zero-order chi connectivity index (χ0) is 13.0. The summed E-state index contributed by atoms with van der Waals surface area (Å²) in [6.45, 7) is 1.79. The van der Waals surface area contributed by atoms with Crippen molar-refractivity contribution in [2.45, 2.75) is 12.5 Å². The van der Waals surface area contributed by atoms with Crippen LogP contribution in [0.4, 0.5) is 0 Å². The predicted molar refractivity (Wildman–Crippen MR) is 76.0 cm³/mol. The molecule has 0 radical (unpaired) electrons. The van der Waals surface area contributed by atoms with Gasteiger partial charge in [-0.25, -0.2) is 0 Å². The molecule has 98 valence electrons. The van der Waals surface area contributed by atoms with Crippen molar-refractivity contribution in [1.29, 1.82) is 0 Å². The average molecular weight is 266 g/mol. The number of hydrogen-bond acceptors (Lipinski definition) is 2. The van der Waals surface area contributed by atoms with Crippen LogP contribution in [0.1, 0.15) is 18.0 Å². The molecule has 18 heavy (non-hydrogen) atoms. The largest absolute Gasteiger partial charge is 0.480 e. The number of aliphatic carboxylic acids is 1. The van der Waals surface area contributed by atoms with Gasteiger partial charge < -0.3 is 5.11 Å². The smallest absolute Gasteiger partial charge is 0.325 e. The van der Waals surface area contributed by atoms with Crippen LogP contribution in [0, 0.1) is 0 Å². The molecule has 2 unspecified atom stereocenters. The van der Waals surface area contributed by atoms with Crippen molar-refractivity contribution in [3.63, 3.8) is 0 Å². The van der Waals surface area contributed by atoms with E-state index < -0.39 is 12.0 Å². The highest BCUT2D eigenvalue weighted by atomic mass is 32.2. The first kappa shape index (κ1) is 13.4. The second-order valence-electron chi connectivity index (χ2n) is 4.73. The van der Waals surface area contributed by atoms with E-state index >= 15 is 0 Å². The molecule has 1 aliphatic rings. The molecule has 0 saturated carbocycles. The van der Waals surface area contributed by atoms with Crippen LogP contribution in [0.3, 0.4) is 0 Å². The molecule has 1 saturated heterocycles. The Hall–Kier alpha value is -1.00. The number of benzene rings is 1. The Kier molecular flexibility index (Phi) is 4.66. The summed E-state index contributed by atoms with van der Waals surface area (Å²) in [5, 5.41) is 9.50. The van der Waals surface area contributed by atoms with Gasteiger partial charge in [-0.2, -0.15) is 0 Å². The van der Waals surface area contributed by atoms with Gasteiger partial charge in [0.1, 0.15) is 17.5 Å². The van der Waals surface area contributed by atoms with E-state index in [1.807, 2.05) is 30.3 Å². The fourth-order valence-corrected chi connectivity index (χ4v) is 3.78. The van der Waals surface area contributed by atoms with Crippen molar-refractivity contribution in [2.75, 3.05) is 30.9 Å². The zero-order valence-corrected chi connectivity index (χ0v) is 11.5. The molecule has 1 heterocycles. The van der Waals surface area contributed by atoms with Gasteiger partial charge in [-0.15, -0.1) is 0 Å². The highest BCUT2D eigenvalue weighted by Crippen LogP contribution is 2.22. The van der Waals surface area contributed by atoms with E-state index in [9.17, 15) is 9.90 Å². The molecule has 0 bridgehead atoms. The van der Waals surface area contributed by atoms with Crippen LogP contribution in [0.15, 0.2) is 30.3 Å². The van der Waals surface area contributed by atoms with Crippen molar-refractivity contribution < 1.29 is 9.90 Å². The molecule has 0 aromatic heterocycles. The van der Waals surface area contributed by atoms with Gasteiger partial charge in [0, 0.05) is 19.5 Å². The second kappa shape index (κ2) is 6.25. The molecule has 0 aliphatic carbocycles. The number of hydrogen-bond donors (Lipinski definition) is 1. The maximum Gasteiger partial charge on any atom is 0.325 e. The van der Waals surface area contributed by atoms with Gasteiger partial charge in [-0.05, 0) is 16.5 Å². The summed E-state index contributed by atoms with van der Waals surface area (Å²) in [5.74, 6) is 1.62. The first-order valence-corrected chi connectivity index (χ1v) is 8.26. The molecule has 1 N–H and O–H groups in total. The molecule has 0 amide bonds. The molecule has 2 atom stereocenters. The molecule has 1 aliphatic heterocycles. The summed E-state index contributed by atoms with van der Waals surface area (Å²) in [5.41, 5.74) is 0.892. The third-order valence-corrected chi connectivity index (χ3v) is 5.24. The second-order valence-corrected chi connectivity index (χ2v) is 7.11. The normalized spacial score (nSPS) is 23.3. The summed E-state index contributed by atoms with van der Waals surface area (Å²) in [6.07, 6.45) is 3.39. The zero-order valence-electron chi connectivity index (χ0n) is 10.7. The van der Waals surface area contributed by atoms with Crippen molar-refractivity contribution in [1.82, 2.24) is 4.90 Å². The van der Waals surface area contributed by atoms with Crippen LogP contribution in [0.2, 0.25) is 0 Å². The van der Waals surface area contributed by atoms with E-state index in [-0.39, 0.29) is 0 Å². The number of carbonyl (C=O) groups is 1. The third-order valence-electron chi connectivity index (χ3n) is 3.38. The topological polar surface area (TPSA) is 40.5 Å². The Morgan fingerprint density at radius 1 is 1.28 bits per heavy atom. The minimum absolute atomic E-state index is 0.451. The lowest BCUT2D eigenvalue weighted by atomic mass is 10.1. The van der Waals surface area contributed by atoms with Crippen molar-refractivity contribution in [2.24, 2.45) is 0 Å². The van der Waals surface area contributed by atoms with Crippen LogP contribution in [0.5, 0.6) is 0 Å². The highest BCUT2D eigenvalue weighted by molar-refractivity contribution is 7.96. The number of carboxylic acids is 1. The predicted octanol–water partition coefficient (Wildman–Crippen LogP) is 1.77.